The second kappa shape index (κ2) is 9.49. The van der Waals surface area contributed by atoms with Crippen molar-refractivity contribution >= 4 is 34.6 Å². The average molecular weight is 493 g/mol. The zero-order valence-corrected chi connectivity index (χ0v) is 20.5. The molecule has 1 spiro atoms. The number of aryl methyl sites for hydroxylation is 1. The molecule has 3 aliphatic rings. The Hall–Kier alpha value is -3.13. The normalized spacial score (nSPS) is 20.3. The number of piperidine rings is 1. The number of nitrogens with zero attached hydrogens (tertiary/aromatic N) is 6. The van der Waals surface area contributed by atoms with Crippen molar-refractivity contribution in [3.8, 4) is 11.9 Å². The number of thiocarbonyl (C=S) groups is 1. The quantitative estimate of drug-likeness (QED) is 0.609. The molecule has 9 nitrogen and oxygen atoms in total. The van der Waals surface area contributed by atoms with Crippen LogP contribution in [0.15, 0.2) is 30.6 Å². The first-order valence-corrected chi connectivity index (χ1v) is 12.4. The fourth-order valence-electron chi connectivity index (χ4n) is 5.14. The van der Waals surface area contributed by atoms with Gasteiger partial charge in [-0.25, -0.2) is 9.97 Å². The van der Waals surface area contributed by atoms with Gasteiger partial charge in [0.1, 0.15) is 23.4 Å². The fraction of sp³-hybridized carbons (Fsp3) is 0.480. The summed E-state index contributed by atoms with van der Waals surface area (Å²) in [6, 6.07) is 7.59. The standard InChI is InChI=1S/C25H28N6O3S/c1-17-13-19(16-27-21(17)14-26)30-23(33)25(7-2-8-25)31(24(30)35)18-3-4-22(28-15-18)34-20-5-9-29(10-6-20)11-12-32/h3-4,13,15-16,20,32H,2,5-12H2,1H3. The summed E-state index contributed by atoms with van der Waals surface area (Å²) < 4.78 is 6.10. The van der Waals surface area contributed by atoms with Gasteiger partial charge in [-0.1, -0.05) is 0 Å². The Labute approximate surface area is 209 Å². The summed E-state index contributed by atoms with van der Waals surface area (Å²) in [5.41, 5.74) is 1.66. The molecule has 1 amide bonds. The van der Waals surface area contributed by atoms with E-state index in [1.807, 2.05) is 17.0 Å². The third-order valence-corrected chi connectivity index (χ3v) is 7.60. The number of anilines is 2. The number of amides is 1. The number of pyridine rings is 2. The van der Waals surface area contributed by atoms with E-state index in [2.05, 4.69) is 20.9 Å². The van der Waals surface area contributed by atoms with Crippen LogP contribution in [0, 0.1) is 18.3 Å². The number of carbonyl (C=O) groups is 1. The molecular formula is C25H28N6O3S. The maximum atomic E-state index is 13.6. The number of aliphatic hydroxyl groups excluding tert-OH is 1. The van der Waals surface area contributed by atoms with Crippen LogP contribution in [0.3, 0.4) is 0 Å². The molecule has 35 heavy (non-hydrogen) atoms. The van der Waals surface area contributed by atoms with Crippen molar-refractivity contribution in [3.05, 3.63) is 41.9 Å². The first kappa shape index (κ1) is 23.6. The van der Waals surface area contributed by atoms with Gasteiger partial charge in [-0.05, 0) is 68.9 Å². The summed E-state index contributed by atoms with van der Waals surface area (Å²) in [6.45, 7) is 4.47. The van der Waals surface area contributed by atoms with E-state index in [1.54, 1.807) is 24.1 Å². The molecule has 1 aliphatic carbocycles. The van der Waals surface area contributed by atoms with E-state index in [0.29, 0.717) is 34.5 Å². The number of ether oxygens (including phenoxy) is 1. The number of nitriles is 1. The first-order valence-electron chi connectivity index (χ1n) is 12.0. The van der Waals surface area contributed by atoms with Crippen LogP contribution in [0.4, 0.5) is 11.4 Å². The zero-order valence-electron chi connectivity index (χ0n) is 19.7. The van der Waals surface area contributed by atoms with Crippen LogP contribution >= 0.6 is 12.2 Å². The van der Waals surface area contributed by atoms with Gasteiger partial charge in [0.15, 0.2) is 5.11 Å². The van der Waals surface area contributed by atoms with Crippen molar-refractivity contribution in [2.24, 2.45) is 0 Å². The number of carbonyl (C=O) groups excluding carboxylic acids is 1. The molecule has 0 atom stereocenters. The highest BCUT2D eigenvalue weighted by Crippen LogP contribution is 2.47. The summed E-state index contributed by atoms with van der Waals surface area (Å²) in [6.07, 6.45) is 7.53. The summed E-state index contributed by atoms with van der Waals surface area (Å²) in [7, 11) is 0. The lowest BCUT2D eigenvalue weighted by Crippen LogP contribution is -2.55. The van der Waals surface area contributed by atoms with Crippen LogP contribution in [-0.4, -0.2) is 68.9 Å². The lowest BCUT2D eigenvalue weighted by atomic mass is 9.75. The smallest absolute Gasteiger partial charge is 0.259 e. The van der Waals surface area contributed by atoms with Crippen molar-refractivity contribution in [2.45, 2.75) is 50.7 Å². The predicted octanol–water partition coefficient (Wildman–Crippen LogP) is 2.55. The molecule has 2 saturated heterocycles. The van der Waals surface area contributed by atoms with Gasteiger partial charge in [0.2, 0.25) is 5.88 Å². The molecule has 5 rings (SSSR count). The van der Waals surface area contributed by atoms with Crippen LogP contribution in [-0.2, 0) is 4.79 Å². The van der Waals surface area contributed by atoms with Gasteiger partial charge >= 0.3 is 0 Å². The second-order valence-corrected chi connectivity index (χ2v) is 9.72. The summed E-state index contributed by atoms with van der Waals surface area (Å²) >= 11 is 5.81. The molecule has 2 aromatic heterocycles. The summed E-state index contributed by atoms with van der Waals surface area (Å²) in [5, 5.41) is 18.7. The number of rotatable bonds is 6. The number of β-amino-alcohol motifs (C(OH)–C–C–N with tert-alkyl or cyclic N) is 1. The highest BCUT2D eigenvalue weighted by Gasteiger charge is 2.59. The van der Waals surface area contributed by atoms with E-state index in [4.69, 9.17) is 22.1 Å². The zero-order chi connectivity index (χ0) is 24.6. The van der Waals surface area contributed by atoms with Gasteiger partial charge < -0.3 is 19.6 Å². The molecule has 1 N–H and O–H groups in total. The number of likely N-dealkylation sites (tertiary alicyclic amines) is 1. The number of aliphatic hydroxyl groups is 1. The lowest BCUT2D eigenvalue weighted by molar-refractivity contribution is -0.123. The van der Waals surface area contributed by atoms with E-state index in [-0.39, 0.29) is 18.6 Å². The molecule has 182 valence electrons. The van der Waals surface area contributed by atoms with Gasteiger partial charge in [-0.2, -0.15) is 5.26 Å². The average Bonchev–Trinajstić information content (AvgIpc) is 3.07. The molecule has 0 radical (unpaired) electrons. The number of hydrogen-bond acceptors (Lipinski definition) is 8. The van der Waals surface area contributed by atoms with Crippen molar-refractivity contribution in [2.75, 3.05) is 36.0 Å². The number of aromatic nitrogens is 2. The monoisotopic (exact) mass is 492 g/mol. The molecule has 2 aromatic rings. The maximum absolute atomic E-state index is 13.6. The second-order valence-electron chi connectivity index (χ2n) is 9.35. The Bertz CT molecular complexity index is 1170. The van der Waals surface area contributed by atoms with Crippen molar-refractivity contribution in [1.29, 1.82) is 5.26 Å². The fourth-order valence-corrected chi connectivity index (χ4v) is 5.61. The molecule has 1 saturated carbocycles. The molecular weight excluding hydrogens is 464 g/mol. The van der Waals surface area contributed by atoms with Gasteiger partial charge in [0.05, 0.1) is 30.4 Å². The van der Waals surface area contributed by atoms with Crippen LogP contribution < -0.4 is 14.5 Å². The highest BCUT2D eigenvalue weighted by molar-refractivity contribution is 7.81. The van der Waals surface area contributed by atoms with Crippen LogP contribution in [0.25, 0.3) is 0 Å². The minimum Gasteiger partial charge on any atom is -0.474 e. The largest absolute Gasteiger partial charge is 0.474 e. The summed E-state index contributed by atoms with van der Waals surface area (Å²) in [5.74, 6) is 0.492. The predicted molar refractivity (Wildman–Crippen MR) is 134 cm³/mol. The van der Waals surface area contributed by atoms with E-state index < -0.39 is 5.54 Å². The van der Waals surface area contributed by atoms with E-state index in [0.717, 1.165) is 50.9 Å². The van der Waals surface area contributed by atoms with Crippen LogP contribution in [0.5, 0.6) is 5.88 Å². The lowest BCUT2D eigenvalue weighted by Gasteiger charge is -2.42. The Morgan fingerprint density at radius 2 is 1.97 bits per heavy atom. The number of hydrogen-bond donors (Lipinski definition) is 1. The molecule has 4 heterocycles. The SMILES string of the molecule is Cc1cc(N2C(=O)C3(CCC3)N(c3ccc(OC4CCN(CCO)CC4)nc3)C2=S)cnc1C#N. The van der Waals surface area contributed by atoms with E-state index in [9.17, 15) is 10.1 Å². The molecule has 0 aromatic carbocycles. The Kier molecular flexibility index (Phi) is 6.40. The van der Waals surface area contributed by atoms with E-state index >= 15 is 0 Å². The Balaban J connectivity index is 1.34. The maximum Gasteiger partial charge on any atom is 0.259 e. The van der Waals surface area contributed by atoms with Gasteiger partial charge in [-0.15, -0.1) is 0 Å². The van der Waals surface area contributed by atoms with E-state index in [1.165, 1.54) is 6.20 Å². The van der Waals surface area contributed by atoms with Gasteiger partial charge in [0, 0.05) is 25.7 Å². The molecule has 2 aliphatic heterocycles. The molecule has 10 heteroatoms. The minimum atomic E-state index is -0.706. The van der Waals surface area contributed by atoms with Gasteiger partial charge in [-0.3, -0.25) is 9.69 Å². The van der Waals surface area contributed by atoms with Crippen molar-refractivity contribution in [1.82, 2.24) is 14.9 Å². The Morgan fingerprint density at radius 1 is 1.23 bits per heavy atom. The molecule has 3 fully saturated rings. The molecule has 0 unspecified atom stereocenters. The third-order valence-electron chi connectivity index (χ3n) is 7.24. The first-order chi connectivity index (χ1) is 17.0. The van der Waals surface area contributed by atoms with Gasteiger partial charge in [0.25, 0.3) is 5.91 Å². The molecule has 0 bridgehead atoms. The Morgan fingerprint density at radius 3 is 2.54 bits per heavy atom. The van der Waals surface area contributed by atoms with Crippen molar-refractivity contribution in [3.63, 3.8) is 0 Å². The minimum absolute atomic E-state index is 0.0605. The summed E-state index contributed by atoms with van der Waals surface area (Å²) in [4.78, 5) is 28.0. The van der Waals surface area contributed by atoms with Crippen LogP contribution in [0.1, 0.15) is 43.4 Å². The third kappa shape index (κ3) is 4.14. The highest BCUT2D eigenvalue weighted by atomic mass is 32.1. The topological polar surface area (TPSA) is 106 Å². The van der Waals surface area contributed by atoms with Crippen LogP contribution in [0.2, 0.25) is 0 Å². The van der Waals surface area contributed by atoms with Crippen molar-refractivity contribution < 1.29 is 14.6 Å².